The summed E-state index contributed by atoms with van der Waals surface area (Å²) in [5.41, 5.74) is 0. The van der Waals surface area contributed by atoms with Gasteiger partial charge in [0.05, 0.1) is 9.92 Å². The Morgan fingerprint density at radius 2 is 2.16 bits per heavy atom. The molecule has 1 fully saturated rings. The molecule has 0 amide bonds. The zero-order valence-corrected chi connectivity index (χ0v) is 12.9. The summed E-state index contributed by atoms with van der Waals surface area (Å²) >= 11 is 8.98. The van der Waals surface area contributed by atoms with Gasteiger partial charge in [-0.05, 0) is 47.0 Å². The first-order chi connectivity index (χ1) is 8.84. The second-order valence-corrected chi connectivity index (χ2v) is 7.34. The highest BCUT2D eigenvalue weighted by Gasteiger charge is 2.39. The molecule has 19 heavy (non-hydrogen) atoms. The van der Waals surface area contributed by atoms with Gasteiger partial charge in [0.25, 0.3) is 0 Å². The van der Waals surface area contributed by atoms with Crippen molar-refractivity contribution < 1.29 is 18.3 Å². The number of aliphatic carboxylic acids is 1. The van der Waals surface area contributed by atoms with Crippen LogP contribution < -0.4 is 0 Å². The first kappa shape index (κ1) is 14.8. The molecule has 5 nitrogen and oxygen atoms in total. The minimum atomic E-state index is -3.81. The highest BCUT2D eigenvalue weighted by Crippen LogP contribution is 2.30. The van der Waals surface area contributed by atoms with Crippen LogP contribution in [-0.2, 0) is 14.8 Å². The van der Waals surface area contributed by atoms with E-state index in [2.05, 4.69) is 15.9 Å². The summed E-state index contributed by atoms with van der Waals surface area (Å²) < 4.78 is 26.3. The van der Waals surface area contributed by atoms with E-state index in [9.17, 15) is 13.2 Å². The van der Waals surface area contributed by atoms with Crippen molar-refractivity contribution in [1.29, 1.82) is 0 Å². The lowest BCUT2D eigenvalue weighted by atomic mass is 10.2. The topological polar surface area (TPSA) is 74.7 Å². The molecule has 1 aromatic rings. The summed E-state index contributed by atoms with van der Waals surface area (Å²) in [6, 6.07) is 3.23. The molecular weight excluding hydrogens is 358 g/mol. The molecule has 0 spiro atoms. The van der Waals surface area contributed by atoms with Crippen LogP contribution in [0.2, 0.25) is 5.02 Å². The Morgan fingerprint density at radius 3 is 2.74 bits per heavy atom. The number of carboxylic acids is 1. The number of nitrogens with zero attached hydrogens (tertiary/aromatic N) is 1. The zero-order chi connectivity index (χ0) is 14.2. The van der Waals surface area contributed by atoms with Crippen molar-refractivity contribution in [2.45, 2.75) is 23.8 Å². The van der Waals surface area contributed by atoms with Crippen LogP contribution in [0.15, 0.2) is 27.6 Å². The Balaban J connectivity index is 2.42. The molecule has 1 aliphatic rings. The van der Waals surface area contributed by atoms with Gasteiger partial charge in [-0.2, -0.15) is 4.31 Å². The lowest BCUT2D eigenvalue weighted by Crippen LogP contribution is -2.40. The van der Waals surface area contributed by atoms with Gasteiger partial charge in [-0.25, -0.2) is 8.42 Å². The van der Waals surface area contributed by atoms with E-state index < -0.39 is 22.0 Å². The summed E-state index contributed by atoms with van der Waals surface area (Å²) in [7, 11) is -3.81. The van der Waals surface area contributed by atoms with E-state index in [1.165, 1.54) is 18.2 Å². The monoisotopic (exact) mass is 367 g/mol. The molecule has 0 radical (unpaired) electrons. The second kappa shape index (κ2) is 5.40. The number of carboxylic acid groups (broad SMARTS) is 1. The number of rotatable bonds is 3. The van der Waals surface area contributed by atoms with Crippen molar-refractivity contribution in [2.75, 3.05) is 6.54 Å². The maximum Gasteiger partial charge on any atom is 0.322 e. The molecule has 1 heterocycles. The molecule has 1 saturated heterocycles. The van der Waals surface area contributed by atoms with Crippen LogP contribution in [0.3, 0.4) is 0 Å². The van der Waals surface area contributed by atoms with E-state index in [1.54, 1.807) is 0 Å². The quantitative estimate of drug-likeness (QED) is 0.888. The Labute approximate surface area is 124 Å². The third-order valence-corrected chi connectivity index (χ3v) is 6.10. The minimum Gasteiger partial charge on any atom is -0.480 e. The van der Waals surface area contributed by atoms with Crippen molar-refractivity contribution in [3.8, 4) is 0 Å². The Morgan fingerprint density at radius 1 is 1.47 bits per heavy atom. The van der Waals surface area contributed by atoms with E-state index in [0.29, 0.717) is 22.3 Å². The van der Waals surface area contributed by atoms with Crippen molar-refractivity contribution in [3.05, 3.63) is 27.7 Å². The van der Waals surface area contributed by atoms with Crippen molar-refractivity contribution in [3.63, 3.8) is 0 Å². The molecule has 0 aliphatic carbocycles. The SMILES string of the molecule is O=C(O)C1CCCN1S(=O)(=O)c1ccc(Cl)c(Br)c1. The minimum absolute atomic E-state index is 0.0388. The van der Waals surface area contributed by atoms with Gasteiger partial charge < -0.3 is 5.11 Å². The number of carbonyl (C=O) groups is 1. The smallest absolute Gasteiger partial charge is 0.322 e. The molecule has 0 bridgehead atoms. The highest BCUT2D eigenvalue weighted by atomic mass is 79.9. The molecule has 104 valence electrons. The van der Waals surface area contributed by atoms with Crippen LogP contribution in [0, 0.1) is 0 Å². The van der Waals surface area contributed by atoms with E-state index in [0.717, 1.165) is 4.31 Å². The van der Waals surface area contributed by atoms with Crippen LogP contribution in [0.5, 0.6) is 0 Å². The van der Waals surface area contributed by atoms with E-state index in [4.69, 9.17) is 16.7 Å². The molecule has 1 aliphatic heterocycles. The maximum absolute atomic E-state index is 12.4. The van der Waals surface area contributed by atoms with Gasteiger partial charge in [0, 0.05) is 11.0 Å². The van der Waals surface area contributed by atoms with Crippen LogP contribution in [0.1, 0.15) is 12.8 Å². The predicted molar refractivity (Wildman–Crippen MR) is 73.7 cm³/mol. The Bertz CT molecular complexity index is 619. The summed E-state index contributed by atoms with van der Waals surface area (Å²) in [4.78, 5) is 11.1. The average molecular weight is 369 g/mol. The lowest BCUT2D eigenvalue weighted by Gasteiger charge is -2.21. The number of sulfonamides is 1. The van der Waals surface area contributed by atoms with Gasteiger partial charge in [0.1, 0.15) is 6.04 Å². The van der Waals surface area contributed by atoms with Crippen LogP contribution in [-0.4, -0.2) is 36.4 Å². The number of halogens is 2. The Kier molecular flexibility index (Phi) is 4.20. The fourth-order valence-corrected chi connectivity index (χ4v) is 4.37. The Hall–Kier alpha value is -0.630. The summed E-state index contributed by atoms with van der Waals surface area (Å²) in [5, 5.41) is 9.45. The standard InChI is InChI=1S/C11H11BrClNO4S/c12-8-6-7(3-4-9(8)13)19(17,18)14-5-1-2-10(14)11(15)16/h3-4,6,10H,1-2,5H2,(H,15,16). The second-order valence-electron chi connectivity index (χ2n) is 4.19. The predicted octanol–water partition coefficient (Wildman–Crippen LogP) is 2.34. The zero-order valence-electron chi connectivity index (χ0n) is 9.71. The molecule has 1 unspecified atom stereocenters. The van der Waals surface area contributed by atoms with Crippen LogP contribution >= 0.6 is 27.5 Å². The van der Waals surface area contributed by atoms with Gasteiger partial charge in [-0.1, -0.05) is 11.6 Å². The van der Waals surface area contributed by atoms with Crippen molar-refractivity contribution in [2.24, 2.45) is 0 Å². The fourth-order valence-electron chi connectivity index (χ4n) is 2.05. The van der Waals surface area contributed by atoms with Gasteiger partial charge >= 0.3 is 5.97 Å². The molecule has 1 aromatic carbocycles. The average Bonchev–Trinajstić information content (AvgIpc) is 2.82. The van der Waals surface area contributed by atoms with Gasteiger partial charge in [0.2, 0.25) is 10.0 Å². The lowest BCUT2D eigenvalue weighted by molar-refractivity contribution is -0.140. The van der Waals surface area contributed by atoms with E-state index in [1.807, 2.05) is 0 Å². The van der Waals surface area contributed by atoms with E-state index >= 15 is 0 Å². The number of hydrogen-bond acceptors (Lipinski definition) is 3. The maximum atomic E-state index is 12.4. The summed E-state index contributed by atoms with van der Waals surface area (Å²) in [6.45, 7) is 0.222. The van der Waals surface area contributed by atoms with Gasteiger partial charge in [-0.15, -0.1) is 0 Å². The normalized spacial score (nSPS) is 20.6. The van der Waals surface area contributed by atoms with Crippen molar-refractivity contribution >= 4 is 43.5 Å². The van der Waals surface area contributed by atoms with Crippen LogP contribution in [0.25, 0.3) is 0 Å². The first-order valence-electron chi connectivity index (χ1n) is 5.54. The third-order valence-electron chi connectivity index (χ3n) is 2.99. The molecular formula is C11H11BrClNO4S. The first-order valence-corrected chi connectivity index (χ1v) is 8.15. The molecule has 8 heteroatoms. The number of benzene rings is 1. The molecule has 2 rings (SSSR count). The largest absolute Gasteiger partial charge is 0.480 e. The summed E-state index contributed by atoms with van der Waals surface area (Å²) in [6.07, 6.45) is 0.883. The number of hydrogen-bond donors (Lipinski definition) is 1. The third kappa shape index (κ3) is 2.79. The molecule has 1 N–H and O–H groups in total. The van der Waals surface area contributed by atoms with E-state index in [-0.39, 0.29) is 11.4 Å². The highest BCUT2D eigenvalue weighted by molar-refractivity contribution is 9.10. The van der Waals surface area contributed by atoms with Gasteiger partial charge in [0.15, 0.2) is 0 Å². The fraction of sp³-hybridized carbons (Fsp3) is 0.364. The summed E-state index contributed by atoms with van der Waals surface area (Å²) in [5.74, 6) is -1.12. The molecule has 0 saturated carbocycles. The molecule has 1 atom stereocenters. The van der Waals surface area contributed by atoms with Crippen LogP contribution in [0.4, 0.5) is 0 Å². The van der Waals surface area contributed by atoms with Crippen molar-refractivity contribution in [1.82, 2.24) is 4.31 Å². The van der Waals surface area contributed by atoms with Gasteiger partial charge in [-0.3, -0.25) is 4.79 Å². The molecule has 0 aromatic heterocycles.